The molecule has 0 aliphatic heterocycles. The Bertz CT molecular complexity index is 159. The molecule has 0 fully saturated rings. The summed E-state index contributed by atoms with van der Waals surface area (Å²) in [6.07, 6.45) is 3.74. The van der Waals surface area contributed by atoms with Crippen LogP contribution in [-0.2, 0) is 0 Å². The van der Waals surface area contributed by atoms with Crippen molar-refractivity contribution in [2.75, 3.05) is 32.6 Å². The third-order valence-corrected chi connectivity index (χ3v) is 7.95. The molecule has 0 radical (unpaired) electrons. The largest absolute Gasteiger partial charge is 0.315 e. The first-order chi connectivity index (χ1) is 6.80. The van der Waals surface area contributed by atoms with Crippen molar-refractivity contribution in [1.29, 1.82) is 0 Å². The normalized spacial score (nSPS) is 18.5. The highest BCUT2D eigenvalue weighted by molar-refractivity contribution is 8.31. The molecule has 15 heavy (non-hydrogen) atoms. The molecule has 0 spiro atoms. The first-order valence-electron chi connectivity index (χ1n) is 5.96. The van der Waals surface area contributed by atoms with Crippen molar-refractivity contribution in [3.05, 3.63) is 0 Å². The minimum Gasteiger partial charge on any atom is -0.315 e. The van der Waals surface area contributed by atoms with E-state index in [9.17, 15) is 0 Å². The minimum absolute atomic E-state index is 0.577. The summed E-state index contributed by atoms with van der Waals surface area (Å²) < 4.78 is 2.45. The van der Waals surface area contributed by atoms with Gasteiger partial charge in [-0.05, 0) is 44.3 Å². The maximum absolute atomic E-state index is 3.49. The van der Waals surface area contributed by atoms with Crippen molar-refractivity contribution in [3.63, 3.8) is 0 Å². The molecule has 94 valence electrons. The Kier molecular flexibility index (Phi) is 6.89. The van der Waals surface area contributed by atoms with Crippen molar-refractivity contribution in [2.45, 2.75) is 45.4 Å². The summed E-state index contributed by atoms with van der Waals surface area (Å²) in [4.78, 5) is 0. The Morgan fingerprint density at radius 2 is 1.67 bits per heavy atom. The molecule has 1 atom stereocenters. The van der Waals surface area contributed by atoms with Crippen molar-refractivity contribution in [2.24, 2.45) is 0 Å². The van der Waals surface area contributed by atoms with Crippen LogP contribution in [0.1, 0.15) is 34.1 Å². The molecule has 0 aliphatic rings. The first kappa shape index (κ1) is 15.3. The van der Waals surface area contributed by atoms with Gasteiger partial charge in [0.1, 0.15) is 0 Å². The van der Waals surface area contributed by atoms with E-state index in [1.807, 2.05) is 0 Å². The number of nitrogens with one attached hydrogen (secondary N) is 1. The van der Waals surface area contributed by atoms with Gasteiger partial charge in [-0.3, -0.25) is 4.31 Å². The van der Waals surface area contributed by atoms with Crippen LogP contribution in [0, 0.1) is 0 Å². The van der Waals surface area contributed by atoms with Gasteiger partial charge in [0.05, 0.1) is 0 Å². The summed E-state index contributed by atoms with van der Waals surface area (Å²) in [6, 6.07) is 0.615. The second kappa shape index (κ2) is 6.77. The lowest BCUT2D eigenvalue weighted by Gasteiger charge is -2.46. The second-order valence-electron chi connectivity index (χ2n) is 5.14. The van der Waals surface area contributed by atoms with Crippen LogP contribution in [0.25, 0.3) is 0 Å². The molecule has 0 saturated carbocycles. The number of rotatable bonds is 7. The lowest BCUT2D eigenvalue weighted by molar-refractivity contribution is 0.581. The van der Waals surface area contributed by atoms with Gasteiger partial charge in [0, 0.05) is 6.04 Å². The van der Waals surface area contributed by atoms with E-state index < -0.39 is 10.2 Å². The Hall–Kier alpha value is 0.270. The monoisotopic (exact) mass is 234 g/mol. The van der Waals surface area contributed by atoms with Crippen LogP contribution in [0.15, 0.2) is 0 Å². The standard InChI is InChI=1S/C12H30N2S/c1-11(2)13-9-8-10-15(7,12(3)4)14(5)6/h11-13H,8-10H2,1-7H3. The average Bonchev–Trinajstić information content (AvgIpc) is 2.10. The fourth-order valence-corrected chi connectivity index (χ4v) is 4.00. The third-order valence-electron chi connectivity index (χ3n) is 3.14. The van der Waals surface area contributed by atoms with Crippen LogP contribution in [0.5, 0.6) is 0 Å². The van der Waals surface area contributed by atoms with Crippen molar-refractivity contribution < 1.29 is 0 Å². The van der Waals surface area contributed by atoms with Crippen LogP contribution in [-0.4, -0.2) is 48.2 Å². The van der Waals surface area contributed by atoms with Crippen LogP contribution in [0.2, 0.25) is 0 Å². The van der Waals surface area contributed by atoms with Gasteiger partial charge in [0.25, 0.3) is 0 Å². The highest BCUT2D eigenvalue weighted by Crippen LogP contribution is 2.50. The van der Waals surface area contributed by atoms with Crippen molar-refractivity contribution >= 4 is 10.2 Å². The quantitative estimate of drug-likeness (QED) is 0.681. The zero-order valence-corrected chi connectivity index (χ0v) is 12.4. The molecular weight excluding hydrogens is 204 g/mol. The van der Waals surface area contributed by atoms with Crippen LogP contribution in [0.4, 0.5) is 0 Å². The average molecular weight is 234 g/mol. The molecule has 0 aromatic rings. The zero-order valence-electron chi connectivity index (χ0n) is 11.6. The zero-order chi connectivity index (χ0) is 12.1. The van der Waals surface area contributed by atoms with Crippen LogP contribution in [0.3, 0.4) is 0 Å². The smallest absolute Gasteiger partial charge is 0.00103 e. The highest BCUT2D eigenvalue weighted by Gasteiger charge is 2.23. The SMILES string of the molecule is CC(C)NCCCS(C)(C(C)C)N(C)C. The number of hydrogen-bond acceptors (Lipinski definition) is 2. The van der Waals surface area contributed by atoms with Gasteiger partial charge < -0.3 is 5.32 Å². The van der Waals surface area contributed by atoms with E-state index in [1.165, 1.54) is 12.2 Å². The molecule has 0 amide bonds. The van der Waals surface area contributed by atoms with Gasteiger partial charge in [-0.1, -0.05) is 27.7 Å². The van der Waals surface area contributed by atoms with Gasteiger partial charge in [0.15, 0.2) is 0 Å². The summed E-state index contributed by atoms with van der Waals surface area (Å²) >= 11 is 0. The Balaban J connectivity index is 3.98. The predicted octanol–water partition coefficient (Wildman–Crippen LogP) is 2.69. The Labute approximate surface area is 98.3 Å². The molecule has 0 aromatic heterocycles. The van der Waals surface area contributed by atoms with E-state index in [2.05, 4.69) is 57.7 Å². The van der Waals surface area contributed by atoms with E-state index in [0.29, 0.717) is 6.04 Å². The molecule has 2 nitrogen and oxygen atoms in total. The molecule has 0 heterocycles. The fourth-order valence-electron chi connectivity index (χ4n) is 1.60. The summed E-state index contributed by atoms with van der Waals surface area (Å²) in [6.45, 7) is 10.3. The first-order valence-corrected chi connectivity index (χ1v) is 8.19. The van der Waals surface area contributed by atoms with Gasteiger partial charge in [-0.15, -0.1) is 0 Å². The van der Waals surface area contributed by atoms with Crippen LogP contribution >= 0.6 is 10.2 Å². The number of hydrogen-bond donors (Lipinski definition) is 1. The maximum Gasteiger partial charge on any atom is 0.00103 e. The Morgan fingerprint density at radius 1 is 1.13 bits per heavy atom. The van der Waals surface area contributed by atoms with E-state index in [-0.39, 0.29) is 0 Å². The Morgan fingerprint density at radius 3 is 2.00 bits per heavy atom. The van der Waals surface area contributed by atoms with E-state index in [4.69, 9.17) is 0 Å². The number of nitrogens with zero attached hydrogens (tertiary/aromatic N) is 1. The van der Waals surface area contributed by atoms with Crippen molar-refractivity contribution in [3.8, 4) is 0 Å². The molecular formula is C12H30N2S. The predicted molar refractivity (Wildman–Crippen MR) is 75.0 cm³/mol. The van der Waals surface area contributed by atoms with Gasteiger partial charge in [-0.25, -0.2) is 0 Å². The fraction of sp³-hybridized carbons (Fsp3) is 1.00. The molecule has 0 bridgehead atoms. The molecule has 0 aromatic carbocycles. The van der Waals surface area contributed by atoms with E-state index in [1.54, 1.807) is 0 Å². The molecule has 0 rings (SSSR count). The second-order valence-corrected chi connectivity index (χ2v) is 9.43. The molecule has 3 heteroatoms. The van der Waals surface area contributed by atoms with Gasteiger partial charge >= 0.3 is 0 Å². The topological polar surface area (TPSA) is 15.3 Å². The highest BCUT2D eigenvalue weighted by atomic mass is 32.3. The van der Waals surface area contributed by atoms with Gasteiger partial charge in [0.2, 0.25) is 0 Å². The van der Waals surface area contributed by atoms with Crippen LogP contribution < -0.4 is 5.32 Å². The molecule has 1 N–H and O–H groups in total. The third kappa shape index (κ3) is 5.23. The molecule has 0 aliphatic carbocycles. The molecule has 0 saturated heterocycles. The van der Waals surface area contributed by atoms with Gasteiger partial charge in [-0.2, -0.15) is 10.2 Å². The summed E-state index contributed by atoms with van der Waals surface area (Å²) in [5.41, 5.74) is 0. The summed E-state index contributed by atoms with van der Waals surface area (Å²) in [7, 11) is 3.88. The van der Waals surface area contributed by atoms with E-state index >= 15 is 0 Å². The lowest BCUT2D eigenvalue weighted by atomic mass is 10.4. The molecule has 1 unspecified atom stereocenters. The minimum atomic E-state index is -0.577. The maximum atomic E-state index is 3.49. The van der Waals surface area contributed by atoms with E-state index in [0.717, 1.165) is 11.8 Å². The van der Waals surface area contributed by atoms with Crippen molar-refractivity contribution in [1.82, 2.24) is 9.62 Å². The summed E-state index contributed by atoms with van der Waals surface area (Å²) in [5, 5.41) is 4.27. The summed E-state index contributed by atoms with van der Waals surface area (Å²) in [5.74, 6) is 1.34. The lowest BCUT2D eigenvalue weighted by Crippen LogP contribution is -2.31.